The Morgan fingerprint density at radius 2 is 2.25 bits per heavy atom. The van der Waals surface area contributed by atoms with Crippen LogP contribution in [0.2, 0.25) is 0 Å². The molecule has 0 radical (unpaired) electrons. The molecule has 0 aliphatic heterocycles. The van der Waals surface area contributed by atoms with Crippen molar-refractivity contribution in [3.05, 3.63) is 41.3 Å². The minimum atomic E-state index is -0.300. The molecule has 1 aromatic heterocycles. The summed E-state index contributed by atoms with van der Waals surface area (Å²) < 4.78 is 10.4. The van der Waals surface area contributed by atoms with Gasteiger partial charge in [-0.2, -0.15) is 0 Å². The summed E-state index contributed by atoms with van der Waals surface area (Å²) in [5, 5.41) is 7.11. The number of nitrogens with one attached hydrogen (secondary N) is 1. The Morgan fingerprint density at radius 1 is 1.45 bits per heavy atom. The molecule has 0 aliphatic carbocycles. The first-order valence-corrected chi connectivity index (χ1v) is 7.32. The molecule has 0 spiro atoms. The summed E-state index contributed by atoms with van der Waals surface area (Å²) in [6.07, 6.45) is 0. The molecule has 1 N–H and O–H groups in total. The highest BCUT2D eigenvalue weighted by molar-refractivity contribution is 9.08. The van der Waals surface area contributed by atoms with Crippen LogP contribution < -0.4 is 10.1 Å². The summed E-state index contributed by atoms with van der Waals surface area (Å²) in [6.45, 7) is 4.27. The number of benzene rings is 1. The quantitative estimate of drug-likeness (QED) is 0.847. The molecule has 1 heterocycles. The molecular weight excluding hydrogens is 324 g/mol. The summed E-state index contributed by atoms with van der Waals surface area (Å²) in [4.78, 5) is 12.0. The number of anilines is 1. The van der Waals surface area contributed by atoms with Crippen molar-refractivity contribution in [2.24, 2.45) is 0 Å². The largest absolute Gasteiger partial charge is 0.494 e. The van der Waals surface area contributed by atoms with Gasteiger partial charge in [0.25, 0.3) is 5.91 Å². The van der Waals surface area contributed by atoms with Crippen LogP contribution in [-0.2, 0) is 5.33 Å². The number of aromatic nitrogens is 1. The van der Waals surface area contributed by atoms with E-state index in [2.05, 4.69) is 26.4 Å². The van der Waals surface area contributed by atoms with Crippen LogP contribution in [-0.4, -0.2) is 17.7 Å². The molecule has 0 unspecified atom stereocenters. The van der Waals surface area contributed by atoms with Gasteiger partial charge in [-0.1, -0.05) is 21.1 Å². The Hall–Kier alpha value is -1.82. The van der Waals surface area contributed by atoms with Crippen LogP contribution in [0.1, 0.15) is 28.7 Å². The summed E-state index contributed by atoms with van der Waals surface area (Å²) in [5.41, 5.74) is 1.92. The number of carbonyl (C=O) groups is 1. The van der Waals surface area contributed by atoms with E-state index in [9.17, 15) is 4.79 Å². The van der Waals surface area contributed by atoms with Gasteiger partial charge in [0.05, 0.1) is 6.61 Å². The Labute approximate surface area is 125 Å². The average Bonchev–Trinajstić information content (AvgIpc) is 2.87. The van der Waals surface area contributed by atoms with E-state index >= 15 is 0 Å². The van der Waals surface area contributed by atoms with Gasteiger partial charge in [-0.15, -0.1) is 0 Å². The Morgan fingerprint density at radius 3 is 2.85 bits per heavy atom. The highest BCUT2D eigenvalue weighted by Crippen LogP contribution is 2.25. The van der Waals surface area contributed by atoms with Crippen molar-refractivity contribution in [1.29, 1.82) is 0 Å². The van der Waals surface area contributed by atoms with Gasteiger partial charge in [0, 0.05) is 22.6 Å². The van der Waals surface area contributed by atoms with E-state index < -0.39 is 0 Å². The third kappa shape index (κ3) is 3.39. The first-order valence-electron chi connectivity index (χ1n) is 6.20. The van der Waals surface area contributed by atoms with Gasteiger partial charge in [-0.25, -0.2) is 0 Å². The van der Waals surface area contributed by atoms with Gasteiger partial charge < -0.3 is 14.6 Å². The second-order valence-electron chi connectivity index (χ2n) is 4.17. The molecule has 0 saturated heterocycles. The van der Waals surface area contributed by atoms with Crippen LogP contribution in [0.4, 0.5) is 5.69 Å². The van der Waals surface area contributed by atoms with E-state index in [0.29, 0.717) is 23.4 Å². The standard InChI is InChI=1S/C14H15BrN2O3/c1-3-19-13-5-4-11(7-10(13)8-15)16-14(18)12-6-9(2)20-17-12/h4-7H,3,8H2,1-2H3,(H,16,18). The highest BCUT2D eigenvalue weighted by Gasteiger charge is 2.12. The van der Waals surface area contributed by atoms with Gasteiger partial charge in [-0.3, -0.25) is 4.79 Å². The predicted octanol–water partition coefficient (Wildman–Crippen LogP) is 3.53. The van der Waals surface area contributed by atoms with Gasteiger partial charge >= 0.3 is 0 Å². The zero-order valence-electron chi connectivity index (χ0n) is 11.3. The van der Waals surface area contributed by atoms with Crippen molar-refractivity contribution in [2.75, 3.05) is 11.9 Å². The Kier molecular flexibility index (Phi) is 4.79. The van der Waals surface area contributed by atoms with Crippen LogP contribution in [0, 0.1) is 6.92 Å². The highest BCUT2D eigenvalue weighted by atomic mass is 79.9. The molecule has 2 aromatic rings. The van der Waals surface area contributed by atoms with Gasteiger partial charge in [0.1, 0.15) is 11.5 Å². The second-order valence-corrected chi connectivity index (χ2v) is 4.73. The molecule has 0 atom stereocenters. The number of aryl methyl sites for hydroxylation is 1. The van der Waals surface area contributed by atoms with E-state index in [4.69, 9.17) is 9.26 Å². The average molecular weight is 339 g/mol. The maximum atomic E-state index is 12.0. The third-order valence-electron chi connectivity index (χ3n) is 2.62. The van der Waals surface area contributed by atoms with Crippen molar-refractivity contribution >= 4 is 27.5 Å². The molecule has 1 amide bonds. The lowest BCUT2D eigenvalue weighted by molar-refractivity contribution is 0.101. The number of alkyl halides is 1. The van der Waals surface area contributed by atoms with Crippen LogP contribution >= 0.6 is 15.9 Å². The van der Waals surface area contributed by atoms with Crippen molar-refractivity contribution in [1.82, 2.24) is 5.16 Å². The molecule has 1 aromatic carbocycles. The summed E-state index contributed by atoms with van der Waals surface area (Å²) in [6, 6.07) is 7.09. The fraction of sp³-hybridized carbons (Fsp3) is 0.286. The molecule has 20 heavy (non-hydrogen) atoms. The van der Waals surface area contributed by atoms with Crippen LogP contribution in [0.5, 0.6) is 5.75 Å². The molecule has 106 valence electrons. The third-order valence-corrected chi connectivity index (χ3v) is 3.23. The zero-order chi connectivity index (χ0) is 14.5. The molecule has 6 heteroatoms. The Balaban J connectivity index is 2.15. The number of rotatable bonds is 5. The molecule has 0 aliphatic rings. The summed E-state index contributed by atoms with van der Waals surface area (Å²) in [5.74, 6) is 1.11. The van der Waals surface area contributed by atoms with Crippen LogP contribution in [0.25, 0.3) is 0 Å². The van der Waals surface area contributed by atoms with Crippen molar-refractivity contribution in [3.63, 3.8) is 0 Å². The molecule has 2 rings (SSSR count). The number of carbonyl (C=O) groups excluding carboxylic acids is 1. The first kappa shape index (κ1) is 14.6. The van der Waals surface area contributed by atoms with Crippen molar-refractivity contribution < 1.29 is 14.1 Å². The maximum absolute atomic E-state index is 12.0. The predicted molar refractivity (Wildman–Crippen MR) is 79.4 cm³/mol. The van der Waals surface area contributed by atoms with E-state index in [0.717, 1.165) is 11.3 Å². The molecule has 0 bridgehead atoms. The molecule has 0 saturated carbocycles. The van der Waals surface area contributed by atoms with Crippen molar-refractivity contribution in [2.45, 2.75) is 19.2 Å². The SMILES string of the molecule is CCOc1ccc(NC(=O)c2cc(C)on2)cc1CBr. The maximum Gasteiger partial charge on any atom is 0.277 e. The topological polar surface area (TPSA) is 64.4 Å². The fourth-order valence-corrected chi connectivity index (χ4v) is 2.16. The van der Waals surface area contributed by atoms with Gasteiger partial charge in [-0.05, 0) is 32.0 Å². The lowest BCUT2D eigenvalue weighted by Gasteiger charge is -2.10. The Bertz CT molecular complexity index is 610. The van der Waals surface area contributed by atoms with Gasteiger partial charge in [0.15, 0.2) is 5.69 Å². The smallest absolute Gasteiger partial charge is 0.277 e. The van der Waals surface area contributed by atoms with E-state index in [1.807, 2.05) is 19.1 Å². The molecule has 5 nitrogen and oxygen atoms in total. The second kappa shape index (κ2) is 6.56. The molecule has 0 fully saturated rings. The van der Waals surface area contributed by atoms with E-state index in [1.54, 1.807) is 19.1 Å². The fourth-order valence-electron chi connectivity index (χ4n) is 1.73. The lowest BCUT2D eigenvalue weighted by Crippen LogP contribution is -2.12. The number of hydrogen-bond donors (Lipinski definition) is 1. The number of ether oxygens (including phenoxy) is 1. The number of nitrogens with zero attached hydrogens (tertiary/aromatic N) is 1. The van der Waals surface area contributed by atoms with Gasteiger partial charge in [0.2, 0.25) is 0 Å². The van der Waals surface area contributed by atoms with E-state index in [1.165, 1.54) is 0 Å². The normalized spacial score (nSPS) is 10.3. The number of halogens is 1. The van der Waals surface area contributed by atoms with Crippen LogP contribution in [0.3, 0.4) is 0 Å². The van der Waals surface area contributed by atoms with Crippen LogP contribution in [0.15, 0.2) is 28.8 Å². The minimum Gasteiger partial charge on any atom is -0.494 e. The number of hydrogen-bond acceptors (Lipinski definition) is 4. The minimum absolute atomic E-state index is 0.261. The number of amides is 1. The summed E-state index contributed by atoms with van der Waals surface area (Å²) >= 11 is 3.41. The summed E-state index contributed by atoms with van der Waals surface area (Å²) in [7, 11) is 0. The molecular formula is C14H15BrN2O3. The monoisotopic (exact) mass is 338 g/mol. The zero-order valence-corrected chi connectivity index (χ0v) is 12.9. The lowest BCUT2D eigenvalue weighted by atomic mass is 10.2. The van der Waals surface area contributed by atoms with Crippen molar-refractivity contribution in [3.8, 4) is 5.75 Å². The van der Waals surface area contributed by atoms with E-state index in [-0.39, 0.29) is 11.6 Å². The first-order chi connectivity index (χ1) is 9.63.